The third-order valence-corrected chi connectivity index (χ3v) is 5.89. The second kappa shape index (κ2) is 15.1. The number of amides is 2. The van der Waals surface area contributed by atoms with E-state index < -0.39 is 6.04 Å². The highest BCUT2D eigenvalue weighted by Crippen LogP contribution is 2.29. The first-order valence-electron chi connectivity index (χ1n) is 12.9. The van der Waals surface area contributed by atoms with Crippen molar-refractivity contribution in [3.63, 3.8) is 0 Å². The van der Waals surface area contributed by atoms with Gasteiger partial charge in [-0.1, -0.05) is 56.2 Å². The molecule has 35 heavy (non-hydrogen) atoms. The van der Waals surface area contributed by atoms with Gasteiger partial charge in [0.05, 0.1) is 13.2 Å². The summed E-state index contributed by atoms with van der Waals surface area (Å²) in [5.41, 5.74) is 3.16. The van der Waals surface area contributed by atoms with Gasteiger partial charge in [0, 0.05) is 19.5 Å². The van der Waals surface area contributed by atoms with E-state index in [4.69, 9.17) is 9.47 Å². The summed E-state index contributed by atoms with van der Waals surface area (Å²) in [6.07, 6.45) is 3.36. The van der Waals surface area contributed by atoms with Gasteiger partial charge in [0.1, 0.15) is 6.04 Å². The Morgan fingerprint density at radius 1 is 0.943 bits per heavy atom. The van der Waals surface area contributed by atoms with E-state index in [1.54, 1.807) is 4.90 Å². The number of unbranched alkanes of at least 4 members (excludes halogenated alkanes) is 1. The number of hydrogen-bond donors (Lipinski definition) is 1. The number of carbonyl (C=O) groups excluding carboxylic acids is 2. The molecule has 0 saturated heterocycles. The molecule has 1 N–H and O–H groups in total. The Bertz CT molecular complexity index is 944. The molecular formula is C29H42N2O4. The van der Waals surface area contributed by atoms with Crippen molar-refractivity contribution in [2.75, 3.05) is 19.8 Å². The van der Waals surface area contributed by atoms with Gasteiger partial charge in [0.15, 0.2) is 11.5 Å². The zero-order valence-corrected chi connectivity index (χ0v) is 22.1. The standard InChI is InChI=1S/C29H42N2O4/c1-6-10-18-30-29(33)25(7-2)31(21-24-13-11-12-22(5)19-24)28(32)17-15-23-14-16-26(34-8-3)27(20-23)35-9-4/h11-14,16,19-20,25H,6-10,15,17-18,21H2,1-5H3,(H,30,33)/t25-/m1/s1. The van der Waals surface area contributed by atoms with Crippen molar-refractivity contribution in [2.24, 2.45) is 0 Å². The third kappa shape index (κ3) is 8.93. The Labute approximate surface area is 211 Å². The van der Waals surface area contributed by atoms with Crippen molar-refractivity contribution in [1.82, 2.24) is 10.2 Å². The van der Waals surface area contributed by atoms with E-state index in [0.717, 1.165) is 29.5 Å². The summed E-state index contributed by atoms with van der Waals surface area (Å²) in [5.74, 6) is 1.29. The quantitative estimate of drug-likeness (QED) is 0.343. The van der Waals surface area contributed by atoms with Crippen LogP contribution in [0.2, 0.25) is 0 Å². The molecule has 0 spiro atoms. The molecule has 6 nitrogen and oxygen atoms in total. The van der Waals surface area contributed by atoms with Gasteiger partial charge < -0.3 is 19.7 Å². The summed E-state index contributed by atoms with van der Waals surface area (Å²) in [6.45, 7) is 12.1. The number of nitrogens with zero attached hydrogens (tertiary/aromatic N) is 1. The molecule has 2 aromatic carbocycles. The second-order valence-electron chi connectivity index (χ2n) is 8.73. The van der Waals surface area contributed by atoms with Gasteiger partial charge >= 0.3 is 0 Å². The molecule has 1 atom stereocenters. The van der Waals surface area contributed by atoms with Crippen molar-refractivity contribution in [3.05, 3.63) is 59.2 Å². The first-order chi connectivity index (χ1) is 16.9. The van der Waals surface area contributed by atoms with Crippen LogP contribution in [0.3, 0.4) is 0 Å². The zero-order valence-electron chi connectivity index (χ0n) is 22.1. The summed E-state index contributed by atoms with van der Waals surface area (Å²) in [4.78, 5) is 28.3. The van der Waals surface area contributed by atoms with Crippen LogP contribution in [0.5, 0.6) is 11.5 Å². The van der Waals surface area contributed by atoms with Crippen LogP contribution >= 0.6 is 0 Å². The lowest BCUT2D eigenvalue weighted by molar-refractivity contribution is -0.141. The maximum absolute atomic E-state index is 13.5. The minimum atomic E-state index is -0.501. The highest BCUT2D eigenvalue weighted by molar-refractivity contribution is 5.87. The number of benzene rings is 2. The lowest BCUT2D eigenvalue weighted by Gasteiger charge is -2.31. The predicted octanol–water partition coefficient (Wildman–Crippen LogP) is 5.45. The molecule has 0 aliphatic heterocycles. The Balaban J connectivity index is 2.20. The average molecular weight is 483 g/mol. The van der Waals surface area contributed by atoms with E-state index in [2.05, 4.69) is 18.3 Å². The molecule has 6 heteroatoms. The minimum Gasteiger partial charge on any atom is -0.490 e. The Hall–Kier alpha value is -3.02. The summed E-state index contributed by atoms with van der Waals surface area (Å²) >= 11 is 0. The van der Waals surface area contributed by atoms with Crippen molar-refractivity contribution < 1.29 is 19.1 Å². The van der Waals surface area contributed by atoms with Crippen LogP contribution in [0.15, 0.2) is 42.5 Å². The van der Waals surface area contributed by atoms with Crippen molar-refractivity contribution in [1.29, 1.82) is 0 Å². The molecule has 2 aromatic rings. The van der Waals surface area contributed by atoms with E-state index in [1.165, 1.54) is 0 Å². The first-order valence-corrected chi connectivity index (χ1v) is 12.9. The Kier molecular flexibility index (Phi) is 12.2. The molecule has 0 fully saturated rings. The van der Waals surface area contributed by atoms with E-state index in [-0.39, 0.29) is 11.8 Å². The molecule has 0 unspecified atom stereocenters. The summed E-state index contributed by atoms with van der Waals surface area (Å²) in [7, 11) is 0. The van der Waals surface area contributed by atoms with Crippen molar-refractivity contribution in [3.8, 4) is 11.5 Å². The Morgan fingerprint density at radius 2 is 1.69 bits per heavy atom. The normalized spacial score (nSPS) is 11.6. The fourth-order valence-electron chi connectivity index (χ4n) is 4.08. The van der Waals surface area contributed by atoms with Crippen LogP contribution in [0, 0.1) is 6.92 Å². The lowest BCUT2D eigenvalue weighted by atomic mass is 10.0. The summed E-state index contributed by atoms with van der Waals surface area (Å²) in [5, 5.41) is 3.02. The fourth-order valence-corrected chi connectivity index (χ4v) is 4.08. The maximum atomic E-state index is 13.5. The van der Waals surface area contributed by atoms with Crippen LogP contribution in [0.1, 0.15) is 70.1 Å². The molecule has 2 rings (SSSR count). The van der Waals surface area contributed by atoms with E-state index in [1.807, 2.05) is 64.1 Å². The molecule has 0 aliphatic carbocycles. The highest BCUT2D eigenvalue weighted by atomic mass is 16.5. The molecule has 0 saturated carbocycles. The number of nitrogens with one attached hydrogen (secondary N) is 1. The van der Waals surface area contributed by atoms with Gasteiger partial charge in [-0.25, -0.2) is 0 Å². The molecule has 0 aromatic heterocycles. The van der Waals surface area contributed by atoms with E-state index >= 15 is 0 Å². The molecule has 0 radical (unpaired) electrons. The maximum Gasteiger partial charge on any atom is 0.242 e. The number of carbonyl (C=O) groups is 2. The van der Waals surface area contributed by atoms with Crippen molar-refractivity contribution in [2.45, 2.75) is 79.3 Å². The summed E-state index contributed by atoms with van der Waals surface area (Å²) in [6, 6.07) is 13.4. The number of ether oxygens (including phenoxy) is 2. The van der Waals surface area contributed by atoms with Gasteiger partial charge in [0.2, 0.25) is 11.8 Å². The number of aryl methyl sites for hydroxylation is 2. The zero-order chi connectivity index (χ0) is 25.6. The van der Waals surface area contributed by atoms with Gasteiger partial charge in [-0.2, -0.15) is 0 Å². The van der Waals surface area contributed by atoms with Crippen LogP contribution in [-0.4, -0.2) is 42.5 Å². The van der Waals surface area contributed by atoms with Gasteiger partial charge in [-0.15, -0.1) is 0 Å². The predicted molar refractivity (Wildman–Crippen MR) is 141 cm³/mol. The molecule has 2 amide bonds. The number of rotatable bonds is 15. The van der Waals surface area contributed by atoms with Crippen LogP contribution in [0.4, 0.5) is 0 Å². The van der Waals surface area contributed by atoms with Crippen molar-refractivity contribution >= 4 is 11.8 Å². The number of hydrogen-bond acceptors (Lipinski definition) is 4. The fraction of sp³-hybridized carbons (Fsp3) is 0.517. The third-order valence-electron chi connectivity index (χ3n) is 5.89. The van der Waals surface area contributed by atoms with E-state index in [9.17, 15) is 9.59 Å². The summed E-state index contributed by atoms with van der Waals surface area (Å²) < 4.78 is 11.4. The van der Waals surface area contributed by atoms with Crippen LogP contribution < -0.4 is 14.8 Å². The minimum absolute atomic E-state index is 0.0316. The smallest absolute Gasteiger partial charge is 0.242 e. The Morgan fingerprint density at radius 3 is 2.34 bits per heavy atom. The molecule has 192 valence electrons. The largest absolute Gasteiger partial charge is 0.490 e. The molecule has 0 heterocycles. The second-order valence-corrected chi connectivity index (χ2v) is 8.73. The topological polar surface area (TPSA) is 67.9 Å². The van der Waals surface area contributed by atoms with Crippen LogP contribution in [-0.2, 0) is 22.6 Å². The first kappa shape index (κ1) is 28.2. The molecule has 0 aliphatic rings. The van der Waals surface area contributed by atoms with Gasteiger partial charge in [-0.05, 0) is 63.3 Å². The van der Waals surface area contributed by atoms with Gasteiger partial charge in [-0.3, -0.25) is 9.59 Å². The van der Waals surface area contributed by atoms with Gasteiger partial charge in [0.25, 0.3) is 0 Å². The van der Waals surface area contributed by atoms with Crippen LogP contribution in [0.25, 0.3) is 0 Å². The monoisotopic (exact) mass is 482 g/mol. The van der Waals surface area contributed by atoms with E-state index in [0.29, 0.717) is 57.1 Å². The highest BCUT2D eigenvalue weighted by Gasteiger charge is 2.28. The lowest BCUT2D eigenvalue weighted by Crippen LogP contribution is -2.49. The SMILES string of the molecule is CCCCNC(=O)[C@@H](CC)N(Cc1cccc(C)c1)C(=O)CCc1ccc(OCC)c(OCC)c1. The average Bonchev–Trinajstić information content (AvgIpc) is 2.84. The molecular weight excluding hydrogens is 440 g/mol. The molecule has 0 bridgehead atoms.